The third kappa shape index (κ3) is 9.16. The van der Waals surface area contributed by atoms with Crippen molar-refractivity contribution in [2.24, 2.45) is 22.1 Å². The number of ether oxygens (including phenoxy) is 3. The summed E-state index contributed by atoms with van der Waals surface area (Å²) in [6, 6.07) is 20.9. The van der Waals surface area contributed by atoms with Crippen LogP contribution in [0.2, 0.25) is 0 Å². The van der Waals surface area contributed by atoms with Crippen LogP contribution in [-0.2, 0) is 38.6 Å². The van der Waals surface area contributed by atoms with Crippen molar-refractivity contribution < 1.29 is 45.1 Å². The number of amidine groups is 1. The molecule has 0 aromatic heterocycles. The molecule has 0 atom stereocenters. The Morgan fingerprint density at radius 1 is 0.811 bits per heavy atom. The first kappa shape index (κ1) is 39.2. The molecule has 0 spiro atoms. The summed E-state index contributed by atoms with van der Waals surface area (Å²) >= 11 is 0. The Bertz CT molecular complexity index is 2010. The predicted molar refractivity (Wildman–Crippen MR) is 195 cm³/mol. The van der Waals surface area contributed by atoms with Gasteiger partial charge in [0.1, 0.15) is 22.1 Å². The number of nitrogens with zero attached hydrogens (tertiary/aromatic N) is 3. The van der Waals surface area contributed by atoms with Crippen LogP contribution in [-0.4, -0.2) is 61.0 Å². The van der Waals surface area contributed by atoms with E-state index < -0.39 is 50.6 Å². The number of nitrogens with two attached hydrogens (primary N) is 2. The van der Waals surface area contributed by atoms with Crippen molar-refractivity contribution in [3.63, 3.8) is 0 Å². The molecule has 4 aromatic carbocycles. The maximum atomic E-state index is 15.1. The monoisotopic (exact) mass is 755 g/mol. The molecule has 1 fully saturated rings. The van der Waals surface area contributed by atoms with Crippen LogP contribution in [0.25, 0.3) is 0 Å². The fourth-order valence-electron chi connectivity index (χ4n) is 5.63. The number of rotatable bonds is 13. The maximum absolute atomic E-state index is 15.1. The van der Waals surface area contributed by atoms with Crippen LogP contribution in [0.3, 0.4) is 0 Å². The molecule has 1 saturated heterocycles. The Morgan fingerprint density at radius 3 is 1.75 bits per heavy atom. The number of hydrogen-bond acceptors (Lipinski definition) is 10. The number of benzene rings is 4. The SMILES string of the molecule is COc1ccc(CN(N)/N=C(\N)c2c(B3OCC(C)(C)CO3)ccc(C(F)(F)F)c2S(=O)(=O)N(Cc2ccc(OC)cc2)c2ccc(OC)cc2)cc1. The quantitative estimate of drug-likeness (QED) is 0.0635. The number of sulfonamides is 1. The Hall–Kier alpha value is -4.97. The summed E-state index contributed by atoms with van der Waals surface area (Å²) in [5.41, 5.74) is 5.16. The van der Waals surface area contributed by atoms with Crippen LogP contribution in [0.15, 0.2) is 94.9 Å². The zero-order valence-corrected chi connectivity index (χ0v) is 30.7. The van der Waals surface area contributed by atoms with E-state index in [0.717, 1.165) is 15.5 Å². The second-order valence-corrected chi connectivity index (χ2v) is 14.8. The summed E-state index contributed by atoms with van der Waals surface area (Å²) in [4.78, 5) is -1.15. The molecule has 0 unspecified atom stereocenters. The van der Waals surface area contributed by atoms with Gasteiger partial charge in [-0.3, -0.25) is 4.31 Å². The van der Waals surface area contributed by atoms with E-state index in [1.165, 1.54) is 45.6 Å². The number of halogens is 3. The lowest BCUT2D eigenvalue weighted by atomic mass is 9.72. The summed E-state index contributed by atoms with van der Waals surface area (Å²) in [5.74, 6) is 7.12. The van der Waals surface area contributed by atoms with Gasteiger partial charge in [0.2, 0.25) is 0 Å². The van der Waals surface area contributed by atoms with Gasteiger partial charge in [0.15, 0.2) is 5.84 Å². The second-order valence-electron chi connectivity index (χ2n) is 13.0. The van der Waals surface area contributed by atoms with Crippen molar-refractivity contribution >= 4 is 34.1 Å². The standard InChI is InChI=1S/C36H41BF3N5O7S/c1-35(2)22-51-37(52-23-35)31-19-18-30(36(38,39)40)33(32(31)34(41)43-45(42)21-25-8-14-28(49-4)15-9-25)53(46,47)44(26-10-16-29(50-5)17-11-26)20-24-6-12-27(48-3)13-7-24/h6-19H,20-23,42H2,1-5H3,(H2,41,43). The van der Waals surface area contributed by atoms with Crippen LogP contribution in [0.1, 0.15) is 36.1 Å². The Labute approximate surface area is 307 Å². The van der Waals surface area contributed by atoms with E-state index in [1.807, 2.05) is 13.8 Å². The third-order valence-corrected chi connectivity index (χ3v) is 10.2. The van der Waals surface area contributed by atoms with E-state index in [1.54, 1.807) is 48.5 Å². The molecule has 1 heterocycles. The lowest BCUT2D eigenvalue weighted by Gasteiger charge is -2.34. The van der Waals surface area contributed by atoms with Crippen LogP contribution in [0, 0.1) is 5.41 Å². The topological polar surface area (TPSA) is 151 Å². The van der Waals surface area contributed by atoms with Crippen molar-refractivity contribution in [1.29, 1.82) is 0 Å². The molecule has 5 rings (SSSR count). The smallest absolute Gasteiger partial charge is 0.494 e. The van der Waals surface area contributed by atoms with Gasteiger partial charge in [-0.05, 0) is 71.2 Å². The fourth-order valence-corrected chi connectivity index (χ4v) is 7.51. The summed E-state index contributed by atoms with van der Waals surface area (Å²) in [6.45, 7) is 3.68. The van der Waals surface area contributed by atoms with Gasteiger partial charge in [-0.2, -0.15) is 13.2 Å². The van der Waals surface area contributed by atoms with Crippen molar-refractivity contribution in [3.05, 3.63) is 107 Å². The van der Waals surface area contributed by atoms with Gasteiger partial charge in [-0.25, -0.2) is 19.4 Å². The third-order valence-electron chi connectivity index (χ3n) is 8.39. The van der Waals surface area contributed by atoms with Crippen molar-refractivity contribution in [2.75, 3.05) is 38.8 Å². The second kappa shape index (κ2) is 16.0. The molecule has 1 aliphatic heterocycles. The van der Waals surface area contributed by atoms with Crippen LogP contribution >= 0.6 is 0 Å². The minimum absolute atomic E-state index is 0.0405. The highest BCUT2D eigenvalue weighted by Gasteiger charge is 2.45. The number of alkyl halides is 3. The Balaban J connectivity index is 1.74. The molecule has 4 aromatic rings. The molecule has 0 aliphatic carbocycles. The average molecular weight is 756 g/mol. The van der Waals surface area contributed by atoms with E-state index in [0.29, 0.717) is 34.4 Å². The average Bonchev–Trinajstić information content (AvgIpc) is 3.13. The van der Waals surface area contributed by atoms with Gasteiger partial charge in [-0.15, -0.1) is 5.10 Å². The highest BCUT2D eigenvalue weighted by Crippen LogP contribution is 2.39. The lowest BCUT2D eigenvalue weighted by Crippen LogP contribution is -2.50. The summed E-state index contributed by atoms with van der Waals surface area (Å²) in [6.07, 6.45) is -5.16. The van der Waals surface area contributed by atoms with Gasteiger partial charge in [0.25, 0.3) is 10.0 Å². The fraction of sp³-hybridized carbons (Fsp3) is 0.306. The predicted octanol–water partition coefficient (Wildman–Crippen LogP) is 4.89. The molecular formula is C36H41BF3N5O7S. The van der Waals surface area contributed by atoms with Gasteiger partial charge in [0, 0.05) is 24.2 Å². The zero-order chi connectivity index (χ0) is 38.6. The molecule has 1 aliphatic rings. The summed E-state index contributed by atoms with van der Waals surface area (Å²) < 4.78 is 104. The summed E-state index contributed by atoms with van der Waals surface area (Å²) in [7, 11) is -2.03. The largest absolute Gasteiger partial charge is 0.497 e. The van der Waals surface area contributed by atoms with Gasteiger partial charge in [0.05, 0.1) is 45.7 Å². The lowest BCUT2D eigenvalue weighted by molar-refractivity contribution is -0.139. The summed E-state index contributed by atoms with van der Waals surface area (Å²) in [5, 5.41) is 5.11. The first-order chi connectivity index (χ1) is 25.1. The molecule has 282 valence electrons. The Kier molecular flexibility index (Phi) is 11.8. The highest BCUT2D eigenvalue weighted by molar-refractivity contribution is 7.93. The van der Waals surface area contributed by atoms with E-state index >= 15 is 21.6 Å². The van der Waals surface area contributed by atoms with Crippen molar-refractivity contribution in [2.45, 2.75) is 38.0 Å². The number of hydrazone groups is 1. The van der Waals surface area contributed by atoms with Crippen LogP contribution in [0.4, 0.5) is 18.9 Å². The Morgan fingerprint density at radius 2 is 1.28 bits per heavy atom. The minimum Gasteiger partial charge on any atom is -0.497 e. The number of hydrazine groups is 1. The molecule has 0 saturated carbocycles. The molecule has 4 N–H and O–H groups in total. The van der Waals surface area contributed by atoms with Crippen molar-refractivity contribution in [3.8, 4) is 17.2 Å². The molecule has 0 radical (unpaired) electrons. The normalized spacial score (nSPS) is 14.8. The van der Waals surface area contributed by atoms with Gasteiger partial charge < -0.3 is 29.3 Å². The van der Waals surface area contributed by atoms with Crippen molar-refractivity contribution in [1.82, 2.24) is 5.12 Å². The van der Waals surface area contributed by atoms with E-state index in [2.05, 4.69) is 5.10 Å². The molecular weight excluding hydrogens is 714 g/mol. The highest BCUT2D eigenvalue weighted by atomic mass is 32.2. The molecule has 12 nitrogen and oxygen atoms in total. The zero-order valence-electron chi connectivity index (χ0n) is 29.9. The molecule has 0 amide bonds. The first-order valence-electron chi connectivity index (χ1n) is 16.3. The van der Waals surface area contributed by atoms with Gasteiger partial charge in [-0.1, -0.05) is 44.2 Å². The molecule has 53 heavy (non-hydrogen) atoms. The molecule has 0 bridgehead atoms. The van der Waals surface area contributed by atoms with Crippen LogP contribution in [0.5, 0.6) is 17.2 Å². The van der Waals surface area contributed by atoms with E-state index in [9.17, 15) is 0 Å². The number of anilines is 1. The van der Waals surface area contributed by atoms with Gasteiger partial charge >= 0.3 is 13.3 Å². The van der Waals surface area contributed by atoms with E-state index in [-0.39, 0.29) is 37.5 Å². The van der Waals surface area contributed by atoms with Crippen LogP contribution < -0.4 is 35.6 Å². The van der Waals surface area contributed by atoms with E-state index in [4.69, 9.17) is 35.1 Å². The maximum Gasteiger partial charge on any atom is 0.494 e. The molecule has 17 heteroatoms. The minimum atomic E-state index is -5.17. The number of hydrogen-bond donors (Lipinski definition) is 2. The first-order valence-corrected chi connectivity index (χ1v) is 17.8. The number of methoxy groups -OCH3 is 3.